The number of piperidine rings is 1. The van der Waals surface area contributed by atoms with Gasteiger partial charge in [-0.15, -0.1) is 0 Å². The van der Waals surface area contributed by atoms with Gasteiger partial charge in [-0.05, 0) is 49.3 Å². The molecule has 1 aliphatic heterocycles. The van der Waals surface area contributed by atoms with Crippen LogP contribution in [0.5, 0.6) is 0 Å². The fraction of sp³-hybridized carbons (Fsp3) is 0.562. The average molecular weight is 245 g/mol. The Morgan fingerprint density at radius 1 is 1.28 bits per heavy atom. The molecule has 0 spiro atoms. The lowest BCUT2D eigenvalue weighted by Crippen LogP contribution is -2.35. The Kier molecular flexibility index (Phi) is 4.40. The second kappa shape index (κ2) is 6.03. The molecule has 1 aliphatic rings. The summed E-state index contributed by atoms with van der Waals surface area (Å²) in [7, 11) is 0. The summed E-state index contributed by atoms with van der Waals surface area (Å²) in [6.45, 7) is 6.24. The zero-order chi connectivity index (χ0) is 13.0. The molecule has 1 atom stereocenters. The van der Waals surface area contributed by atoms with E-state index in [1.54, 1.807) is 0 Å². The molecule has 1 aromatic rings. The first-order valence-corrected chi connectivity index (χ1v) is 7.11. The van der Waals surface area contributed by atoms with Crippen LogP contribution in [0.4, 0.5) is 0 Å². The van der Waals surface area contributed by atoms with Crippen molar-refractivity contribution in [1.29, 1.82) is 0 Å². The molecule has 0 aromatic heterocycles. The molecule has 1 aromatic carbocycles. The first-order chi connectivity index (χ1) is 8.72. The molecular weight excluding hydrogens is 222 g/mol. The highest BCUT2D eigenvalue weighted by molar-refractivity contribution is 5.94. The molecule has 0 saturated carbocycles. The summed E-state index contributed by atoms with van der Waals surface area (Å²) in [5.74, 6) is 0.735. The zero-order valence-corrected chi connectivity index (χ0v) is 11.5. The van der Waals surface area contributed by atoms with Crippen molar-refractivity contribution < 1.29 is 4.79 Å². The van der Waals surface area contributed by atoms with Crippen LogP contribution in [0.2, 0.25) is 0 Å². The monoisotopic (exact) mass is 245 g/mol. The average Bonchev–Trinajstić information content (AvgIpc) is 2.46. The maximum atomic E-state index is 12.4. The molecule has 2 heteroatoms. The highest BCUT2D eigenvalue weighted by Crippen LogP contribution is 2.21. The van der Waals surface area contributed by atoms with Crippen LogP contribution in [-0.2, 0) is 0 Å². The van der Waals surface area contributed by atoms with E-state index < -0.39 is 0 Å². The highest BCUT2D eigenvalue weighted by Gasteiger charge is 2.18. The number of benzene rings is 1. The van der Waals surface area contributed by atoms with Gasteiger partial charge in [0, 0.05) is 18.7 Å². The predicted molar refractivity (Wildman–Crippen MR) is 74.9 cm³/mol. The summed E-state index contributed by atoms with van der Waals surface area (Å²) in [4.78, 5) is 14.4. The molecule has 98 valence electrons. The fourth-order valence-electron chi connectivity index (χ4n) is 2.49. The number of hydrogen-bond donors (Lipinski definition) is 0. The fourth-order valence-corrected chi connectivity index (χ4v) is 2.49. The van der Waals surface area contributed by atoms with Crippen molar-refractivity contribution in [3.05, 3.63) is 35.4 Å². The van der Waals surface area contributed by atoms with Crippen LogP contribution in [0, 0.1) is 0 Å². The molecule has 1 unspecified atom stereocenters. The first kappa shape index (κ1) is 13.1. The maximum Gasteiger partial charge on any atom is 0.253 e. The van der Waals surface area contributed by atoms with Gasteiger partial charge < -0.3 is 4.90 Å². The molecule has 1 saturated heterocycles. The van der Waals surface area contributed by atoms with Crippen LogP contribution in [0.25, 0.3) is 0 Å². The summed E-state index contributed by atoms with van der Waals surface area (Å²) in [6, 6.07) is 8.16. The minimum atomic E-state index is 0.208. The van der Waals surface area contributed by atoms with Crippen LogP contribution in [-0.4, -0.2) is 23.9 Å². The molecule has 18 heavy (non-hydrogen) atoms. The minimum absolute atomic E-state index is 0.208. The summed E-state index contributed by atoms with van der Waals surface area (Å²) in [5, 5.41) is 0. The van der Waals surface area contributed by atoms with Crippen molar-refractivity contribution in [2.24, 2.45) is 0 Å². The van der Waals surface area contributed by atoms with E-state index in [9.17, 15) is 4.79 Å². The van der Waals surface area contributed by atoms with Crippen LogP contribution >= 0.6 is 0 Å². The summed E-state index contributed by atoms with van der Waals surface area (Å²) in [5.41, 5.74) is 2.13. The summed E-state index contributed by atoms with van der Waals surface area (Å²) >= 11 is 0. The largest absolute Gasteiger partial charge is 0.339 e. The number of likely N-dealkylation sites (tertiary alicyclic amines) is 1. The van der Waals surface area contributed by atoms with E-state index in [1.165, 1.54) is 12.0 Å². The lowest BCUT2D eigenvalue weighted by molar-refractivity contribution is 0.0724. The molecule has 0 N–H and O–H groups in total. The molecule has 2 rings (SSSR count). The van der Waals surface area contributed by atoms with Gasteiger partial charge in [0.2, 0.25) is 0 Å². The Bertz CT molecular complexity index is 407. The molecule has 1 fully saturated rings. The molecule has 1 amide bonds. The van der Waals surface area contributed by atoms with E-state index in [0.717, 1.165) is 37.9 Å². The number of carbonyl (C=O) groups is 1. The van der Waals surface area contributed by atoms with Crippen LogP contribution in [0.15, 0.2) is 24.3 Å². The van der Waals surface area contributed by atoms with Gasteiger partial charge in [0.1, 0.15) is 0 Å². The van der Waals surface area contributed by atoms with Gasteiger partial charge in [-0.3, -0.25) is 4.79 Å². The van der Waals surface area contributed by atoms with E-state index in [4.69, 9.17) is 0 Å². The van der Waals surface area contributed by atoms with Gasteiger partial charge in [0.15, 0.2) is 0 Å². The third-order valence-corrected chi connectivity index (χ3v) is 3.96. The van der Waals surface area contributed by atoms with E-state index >= 15 is 0 Å². The predicted octanol–water partition coefficient (Wildman–Crippen LogP) is 3.83. The Balaban J connectivity index is 2.14. The van der Waals surface area contributed by atoms with Crippen molar-refractivity contribution in [3.8, 4) is 0 Å². The quantitative estimate of drug-likeness (QED) is 0.792. The molecule has 2 nitrogen and oxygen atoms in total. The van der Waals surface area contributed by atoms with E-state index in [2.05, 4.69) is 26.0 Å². The topological polar surface area (TPSA) is 20.3 Å². The smallest absolute Gasteiger partial charge is 0.253 e. The molecular formula is C16H23NO. The number of nitrogens with zero attached hydrogens (tertiary/aromatic N) is 1. The SMILES string of the molecule is CCC(C)c1cccc(C(=O)N2CCCCC2)c1. The third kappa shape index (κ3) is 2.92. The lowest BCUT2D eigenvalue weighted by Gasteiger charge is -2.27. The van der Waals surface area contributed by atoms with Crippen LogP contribution < -0.4 is 0 Å². The number of rotatable bonds is 3. The van der Waals surface area contributed by atoms with Crippen molar-refractivity contribution >= 4 is 5.91 Å². The second-order valence-corrected chi connectivity index (χ2v) is 5.29. The molecule has 0 aliphatic carbocycles. The van der Waals surface area contributed by atoms with E-state index in [0.29, 0.717) is 5.92 Å². The third-order valence-electron chi connectivity index (χ3n) is 3.96. The normalized spacial score (nSPS) is 17.6. The minimum Gasteiger partial charge on any atom is -0.339 e. The lowest BCUT2D eigenvalue weighted by atomic mass is 9.96. The van der Waals surface area contributed by atoms with Gasteiger partial charge in [-0.2, -0.15) is 0 Å². The van der Waals surface area contributed by atoms with Gasteiger partial charge in [0.05, 0.1) is 0 Å². The Morgan fingerprint density at radius 2 is 2.00 bits per heavy atom. The second-order valence-electron chi connectivity index (χ2n) is 5.29. The van der Waals surface area contributed by atoms with Gasteiger partial charge >= 0.3 is 0 Å². The Labute approximate surface area is 110 Å². The van der Waals surface area contributed by atoms with Crippen molar-refractivity contribution in [2.75, 3.05) is 13.1 Å². The van der Waals surface area contributed by atoms with Gasteiger partial charge in [-0.25, -0.2) is 0 Å². The van der Waals surface area contributed by atoms with Crippen molar-refractivity contribution in [2.45, 2.75) is 45.4 Å². The van der Waals surface area contributed by atoms with Gasteiger partial charge in [-0.1, -0.05) is 26.0 Å². The van der Waals surface area contributed by atoms with Crippen LogP contribution in [0.1, 0.15) is 61.4 Å². The van der Waals surface area contributed by atoms with E-state index in [1.807, 2.05) is 17.0 Å². The number of amides is 1. The standard InChI is InChI=1S/C16H23NO/c1-3-13(2)14-8-7-9-15(12-14)16(18)17-10-5-4-6-11-17/h7-9,12-13H,3-6,10-11H2,1-2H3. The van der Waals surface area contributed by atoms with E-state index in [-0.39, 0.29) is 5.91 Å². The Hall–Kier alpha value is -1.31. The summed E-state index contributed by atoms with van der Waals surface area (Å²) < 4.78 is 0. The molecule has 1 heterocycles. The van der Waals surface area contributed by atoms with Crippen LogP contribution in [0.3, 0.4) is 0 Å². The zero-order valence-electron chi connectivity index (χ0n) is 11.5. The first-order valence-electron chi connectivity index (χ1n) is 7.11. The summed E-state index contributed by atoms with van der Waals surface area (Å²) in [6.07, 6.45) is 4.67. The molecule has 0 bridgehead atoms. The number of hydrogen-bond acceptors (Lipinski definition) is 1. The maximum absolute atomic E-state index is 12.4. The van der Waals surface area contributed by atoms with Crippen molar-refractivity contribution in [3.63, 3.8) is 0 Å². The van der Waals surface area contributed by atoms with Crippen molar-refractivity contribution in [1.82, 2.24) is 4.90 Å². The molecule has 0 radical (unpaired) electrons. The number of carbonyl (C=O) groups excluding carboxylic acids is 1. The highest BCUT2D eigenvalue weighted by atomic mass is 16.2. The van der Waals surface area contributed by atoms with Gasteiger partial charge in [0.25, 0.3) is 5.91 Å². The Morgan fingerprint density at radius 3 is 2.67 bits per heavy atom.